The fourth-order valence-electron chi connectivity index (χ4n) is 4.66. The molecule has 0 spiro atoms. The summed E-state index contributed by atoms with van der Waals surface area (Å²) in [6, 6.07) is 23.0. The Morgan fingerprint density at radius 2 is 1.63 bits per heavy atom. The van der Waals surface area contributed by atoms with Gasteiger partial charge in [-0.3, -0.25) is 4.79 Å². The standard InChI is InChI=1S/C26H22N6O3/c27-32-31-25(33)29-24(13-16-14-28-23-12-6-5-7-17(16)23)30-26(34)35-15-22-20-10-3-1-8-18(20)19-9-2-4-11-21(19)22/h1-12,14,22,24,28H,13,15H2,(H,29,33)(H,30,34)/t24-/m0/s1. The van der Waals surface area contributed by atoms with E-state index in [0.717, 1.165) is 38.7 Å². The second-order valence-corrected chi connectivity index (χ2v) is 8.23. The molecule has 0 fully saturated rings. The number of carbonyl (C=O) groups is 2. The van der Waals surface area contributed by atoms with Crippen LogP contribution in [0.25, 0.3) is 32.5 Å². The van der Waals surface area contributed by atoms with E-state index in [9.17, 15) is 9.59 Å². The molecule has 0 aliphatic heterocycles. The van der Waals surface area contributed by atoms with Crippen LogP contribution in [0, 0.1) is 0 Å². The second-order valence-electron chi connectivity index (χ2n) is 8.23. The van der Waals surface area contributed by atoms with Gasteiger partial charge in [-0.2, -0.15) is 0 Å². The highest BCUT2D eigenvalue weighted by molar-refractivity contribution is 5.83. The average molecular weight is 467 g/mol. The van der Waals surface area contributed by atoms with Crippen molar-refractivity contribution < 1.29 is 14.3 Å². The zero-order valence-electron chi connectivity index (χ0n) is 18.6. The number of fused-ring (bicyclic) bond motifs is 4. The first-order valence-electron chi connectivity index (χ1n) is 11.2. The Labute approximate surface area is 200 Å². The number of aromatic nitrogens is 1. The third-order valence-corrected chi connectivity index (χ3v) is 6.17. The Balaban J connectivity index is 1.30. The van der Waals surface area contributed by atoms with E-state index in [-0.39, 0.29) is 18.9 Å². The van der Waals surface area contributed by atoms with Gasteiger partial charge in [-0.25, -0.2) is 4.79 Å². The third kappa shape index (κ3) is 4.53. The first-order valence-corrected chi connectivity index (χ1v) is 11.2. The summed E-state index contributed by atoms with van der Waals surface area (Å²) in [6.45, 7) is 0.143. The molecule has 0 bridgehead atoms. The van der Waals surface area contributed by atoms with Crippen molar-refractivity contribution in [2.75, 3.05) is 6.61 Å². The van der Waals surface area contributed by atoms with Crippen molar-refractivity contribution in [3.63, 3.8) is 0 Å². The van der Waals surface area contributed by atoms with Crippen LogP contribution < -0.4 is 10.6 Å². The number of alkyl carbamates (subject to hydrolysis) is 1. The van der Waals surface area contributed by atoms with E-state index < -0.39 is 18.3 Å². The molecule has 0 saturated carbocycles. The molecule has 0 unspecified atom stereocenters. The maximum Gasteiger partial charge on any atom is 0.408 e. The van der Waals surface area contributed by atoms with Crippen LogP contribution in [0.5, 0.6) is 0 Å². The summed E-state index contributed by atoms with van der Waals surface area (Å²) in [5, 5.41) is 9.23. The highest BCUT2D eigenvalue weighted by Crippen LogP contribution is 2.44. The molecule has 0 radical (unpaired) electrons. The molecule has 3 amide bonds. The summed E-state index contributed by atoms with van der Waals surface area (Å²) in [6.07, 6.45) is 0.554. The number of benzene rings is 3. The lowest BCUT2D eigenvalue weighted by atomic mass is 9.98. The molecule has 1 aliphatic carbocycles. The van der Waals surface area contributed by atoms with E-state index in [0.29, 0.717) is 0 Å². The van der Waals surface area contributed by atoms with Crippen molar-refractivity contribution >= 4 is 23.0 Å². The van der Waals surface area contributed by atoms with Gasteiger partial charge in [-0.1, -0.05) is 66.7 Å². The summed E-state index contributed by atoms with van der Waals surface area (Å²) in [4.78, 5) is 30.4. The minimum Gasteiger partial charge on any atom is -0.449 e. The monoisotopic (exact) mass is 466 g/mol. The SMILES string of the molecule is [N-]=[N+]=NC(=O)N[C@H](Cc1c[nH]c2ccccc12)NC(=O)OCC1c2ccccc2-c2ccccc21. The minimum absolute atomic E-state index is 0.0852. The molecule has 4 aromatic rings. The molecule has 9 heteroatoms. The Kier molecular flexibility index (Phi) is 6.07. The van der Waals surface area contributed by atoms with Crippen LogP contribution in [0.3, 0.4) is 0 Å². The number of aromatic amines is 1. The maximum atomic E-state index is 12.8. The van der Waals surface area contributed by atoms with Gasteiger partial charge in [0.15, 0.2) is 0 Å². The quantitative estimate of drug-likeness (QED) is 0.148. The van der Waals surface area contributed by atoms with Gasteiger partial charge in [0.1, 0.15) is 12.8 Å². The normalized spacial score (nSPS) is 12.8. The van der Waals surface area contributed by atoms with E-state index in [1.165, 1.54) is 0 Å². The van der Waals surface area contributed by atoms with Crippen molar-refractivity contribution in [2.45, 2.75) is 18.5 Å². The van der Waals surface area contributed by atoms with Crippen molar-refractivity contribution in [1.29, 1.82) is 0 Å². The minimum atomic E-state index is -0.892. The van der Waals surface area contributed by atoms with Crippen LogP contribution in [0.1, 0.15) is 22.6 Å². The van der Waals surface area contributed by atoms with Crippen LogP contribution >= 0.6 is 0 Å². The molecule has 35 heavy (non-hydrogen) atoms. The molecule has 1 aliphatic rings. The number of nitrogens with one attached hydrogen (secondary N) is 3. The second kappa shape index (κ2) is 9.62. The molecule has 5 rings (SSSR count). The molecule has 9 nitrogen and oxygen atoms in total. The van der Waals surface area contributed by atoms with Gasteiger partial charge in [0.05, 0.1) is 0 Å². The number of urea groups is 1. The summed E-state index contributed by atoms with van der Waals surface area (Å²) in [7, 11) is 0. The highest BCUT2D eigenvalue weighted by atomic mass is 16.5. The van der Waals surface area contributed by atoms with Crippen LogP contribution in [-0.2, 0) is 11.2 Å². The lowest BCUT2D eigenvalue weighted by Crippen LogP contribution is -2.48. The third-order valence-electron chi connectivity index (χ3n) is 6.17. The number of para-hydroxylation sites is 1. The Hall–Kier alpha value is -4.75. The molecule has 1 heterocycles. The van der Waals surface area contributed by atoms with Gasteiger partial charge in [0.2, 0.25) is 0 Å². The summed E-state index contributed by atoms with van der Waals surface area (Å²) < 4.78 is 5.61. The first kappa shape index (κ1) is 22.1. The van der Waals surface area contributed by atoms with E-state index in [4.69, 9.17) is 10.3 Å². The number of hydrogen-bond donors (Lipinski definition) is 3. The maximum absolute atomic E-state index is 12.8. The van der Waals surface area contributed by atoms with Gasteiger partial charge in [-0.15, -0.1) is 0 Å². The van der Waals surface area contributed by atoms with Crippen LogP contribution in [0.15, 0.2) is 84.1 Å². The van der Waals surface area contributed by atoms with Crippen LogP contribution in [-0.4, -0.2) is 29.9 Å². The molecule has 3 N–H and O–H groups in total. The lowest BCUT2D eigenvalue weighted by molar-refractivity contribution is 0.137. The highest BCUT2D eigenvalue weighted by Gasteiger charge is 2.29. The van der Waals surface area contributed by atoms with Crippen molar-refractivity contribution in [2.24, 2.45) is 5.11 Å². The number of hydrogen-bond acceptors (Lipinski definition) is 3. The Morgan fingerprint density at radius 3 is 2.34 bits per heavy atom. The number of rotatable bonds is 6. The molecule has 1 atom stereocenters. The molecule has 1 aromatic heterocycles. The van der Waals surface area contributed by atoms with Gasteiger partial charge in [0, 0.05) is 39.5 Å². The predicted molar refractivity (Wildman–Crippen MR) is 132 cm³/mol. The van der Waals surface area contributed by atoms with Gasteiger partial charge in [-0.05, 0) is 39.4 Å². The van der Waals surface area contributed by atoms with E-state index in [2.05, 4.69) is 37.8 Å². The van der Waals surface area contributed by atoms with Gasteiger partial charge < -0.3 is 20.4 Å². The van der Waals surface area contributed by atoms with Crippen molar-refractivity contribution in [3.05, 3.63) is 106 Å². The molecule has 0 saturated heterocycles. The van der Waals surface area contributed by atoms with E-state index in [1.54, 1.807) is 0 Å². The predicted octanol–water partition coefficient (Wildman–Crippen LogP) is 5.60. The number of azide groups is 1. The van der Waals surface area contributed by atoms with E-state index >= 15 is 0 Å². The number of nitrogens with zero attached hydrogens (tertiary/aromatic N) is 3. The number of ether oxygens (including phenoxy) is 1. The van der Waals surface area contributed by atoms with Gasteiger partial charge >= 0.3 is 12.1 Å². The van der Waals surface area contributed by atoms with Crippen LogP contribution in [0.2, 0.25) is 0 Å². The fraction of sp³-hybridized carbons (Fsp3) is 0.154. The smallest absolute Gasteiger partial charge is 0.408 e. The lowest BCUT2D eigenvalue weighted by Gasteiger charge is -2.20. The largest absolute Gasteiger partial charge is 0.449 e. The van der Waals surface area contributed by atoms with Crippen LogP contribution in [0.4, 0.5) is 9.59 Å². The Morgan fingerprint density at radius 1 is 0.971 bits per heavy atom. The topological polar surface area (TPSA) is 132 Å². The average Bonchev–Trinajstić information content (AvgIpc) is 3.42. The van der Waals surface area contributed by atoms with Crippen molar-refractivity contribution in [1.82, 2.24) is 15.6 Å². The molecule has 3 aromatic carbocycles. The molecule has 174 valence electrons. The van der Waals surface area contributed by atoms with Gasteiger partial charge in [0.25, 0.3) is 0 Å². The fourth-order valence-corrected chi connectivity index (χ4v) is 4.66. The Bertz CT molecular complexity index is 1410. The van der Waals surface area contributed by atoms with E-state index in [1.807, 2.05) is 66.9 Å². The van der Waals surface area contributed by atoms with Crippen molar-refractivity contribution in [3.8, 4) is 11.1 Å². The zero-order valence-corrected chi connectivity index (χ0v) is 18.6. The summed E-state index contributed by atoms with van der Waals surface area (Å²) in [5.74, 6) is -0.0852. The first-order chi connectivity index (χ1) is 17.1. The number of carbonyl (C=O) groups excluding carboxylic acids is 2. The summed E-state index contributed by atoms with van der Waals surface area (Å²) in [5.41, 5.74) is 14.9. The number of amides is 3. The summed E-state index contributed by atoms with van der Waals surface area (Å²) >= 11 is 0. The zero-order chi connectivity index (χ0) is 24.2. The molecular formula is C26H22N6O3. The molecular weight excluding hydrogens is 444 g/mol. The number of H-pyrrole nitrogens is 1.